The van der Waals surface area contributed by atoms with Gasteiger partial charge in [0, 0.05) is 6.20 Å². The van der Waals surface area contributed by atoms with Crippen LogP contribution in [0.3, 0.4) is 0 Å². The Labute approximate surface area is 130 Å². The van der Waals surface area contributed by atoms with E-state index in [1.54, 1.807) is 12.1 Å². The fraction of sp³-hybridized carbons (Fsp3) is 0. The molecule has 8 heteroatoms. The summed E-state index contributed by atoms with van der Waals surface area (Å²) >= 11 is 11.9. The van der Waals surface area contributed by atoms with Crippen molar-refractivity contribution in [2.75, 3.05) is 10.7 Å². The summed E-state index contributed by atoms with van der Waals surface area (Å²) in [6.07, 6.45) is 1.33. The number of hydrogen-bond acceptors (Lipinski definition) is 5. The first-order chi connectivity index (χ1) is 10.0. The maximum Gasteiger partial charge on any atom is 0.257 e. The molecule has 1 aromatic heterocycles. The maximum absolute atomic E-state index is 12.1. The lowest BCUT2D eigenvalue weighted by atomic mass is 10.2. The van der Waals surface area contributed by atoms with Crippen molar-refractivity contribution in [2.24, 2.45) is 5.84 Å². The Morgan fingerprint density at radius 1 is 1.29 bits per heavy atom. The van der Waals surface area contributed by atoms with Crippen LogP contribution >= 0.6 is 23.2 Å². The van der Waals surface area contributed by atoms with Gasteiger partial charge < -0.3 is 10.7 Å². The third kappa shape index (κ3) is 3.41. The van der Waals surface area contributed by atoms with Crippen molar-refractivity contribution in [3.05, 3.63) is 51.6 Å². The number of hydrogen-bond donors (Lipinski definition) is 3. The van der Waals surface area contributed by atoms with Crippen molar-refractivity contribution in [3.63, 3.8) is 0 Å². The molecule has 0 spiro atoms. The molecule has 21 heavy (non-hydrogen) atoms. The van der Waals surface area contributed by atoms with Crippen molar-refractivity contribution in [1.82, 2.24) is 4.98 Å². The zero-order valence-electron chi connectivity index (χ0n) is 10.5. The first kappa shape index (κ1) is 15.1. The Morgan fingerprint density at radius 3 is 2.62 bits per heavy atom. The number of carbonyl (C=O) groups excluding carboxylic acids is 1. The van der Waals surface area contributed by atoms with Crippen molar-refractivity contribution in [3.8, 4) is 6.07 Å². The number of nitrogens with one attached hydrogen (secondary N) is 2. The van der Waals surface area contributed by atoms with E-state index in [0.29, 0.717) is 11.3 Å². The SMILES string of the molecule is N#Cc1ccc(NC(=O)c2cnc(NN)c(Cl)c2)c(Cl)c1. The highest BCUT2D eigenvalue weighted by Gasteiger charge is 2.11. The molecule has 106 valence electrons. The normalized spacial score (nSPS) is 9.81. The van der Waals surface area contributed by atoms with Crippen molar-refractivity contribution in [1.29, 1.82) is 5.26 Å². The Morgan fingerprint density at radius 2 is 2.05 bits per heavy atom. The van der Waals surface area contributed by atoms with Crippen LogP contribution in [0.4, 0.5) is 11.5 Å². The van der Waals surface area contributed by atoms with Crippen molar-refractivity contribution < 1.29 is 4.79 Å². The van der Waals surface area contributed by atoms with Gasteiger partial charge in [0.1, 0.15) is 0 Å². The molecule has 0 atom stereocenters. The van der Waals surface area contributed by atoms with E-state index in [-0.39, 0.29) is 21.4 Å². The first-order valence-electron chi connectivity index (χ1n) is 5.68. The number of nitrogen functional groups attached to an aromatic ring is 1. The molecule has 0 aliphatic heterocycles. The quantitative estimate of drug-likeness (QED) is 0.595. The fourth-order valence-electron chi connectivity index (χ4n) is 1.55. The summed E-state index contributed by atoms with van der Waals surface area (Å²) in [5.41, 5.74) is 3.35. The number of nitrogens with two attached hydrogens (primary N) is 1. The van der Waals surface area contributed by atoms with E-state index in [4.69, 9.17) is 34.3 Å². The van der Waals surface area contributed by atoms with Crippen molar-refractivity contribution in [2.45, 2.75) is 0 Å². The molecule has 1 aromatic carbocycles. The number of amides is 1. The van der Waals surface area contributed by atoms with E-state index in [9.17, 15) is 4.79 Å². The van der Waals surface area contributed by atoms with Crippen LogP contribution in [-0.2, 0) is 0 Å². The van der Waals surface area contributed by atoms with Crippen LogP contribution in [0.2, 0.25) is 10.0 Å². The van der Waals surface area contributed by atoms with E-state index < -0.39 is 5.91 Å². The second kappa shape index (κ2) is 6.41. The lowest BCUT2D eigenvalue weighted by Gasteiger charge is -2.08. The summed E-state index contributed by atoms with van der Waals surface area (Å²) < 4.78 is 0. The monoisotopic (exact) mass is 321 g/mol. The minimum Gasteiger partial charge on any atom is -0.321 e. The Hall–Kier alpha value is -2.33. The Kier molecular flexibility index (Phi) is 4.60. The number of nitriles is 1. The molecule has 1 heterocycles. The minimum atomic E-state index is -0.431. The number of carbonyl (C=O) groups is 1. The number of anilines is 2. The predicted octanol–water partition coefficient (Wildman–Crippen LogP) is 2.80. The summed E-state index contributed by atoms with van der Waals surface area (Å²) in [5.74, 6) is 5.04. The summed E-state index contributed by atoms with van der Waals surface area (Å²) in [7, 11) is 0. The number of halogens is 2. The van der Waals surface area contributed by atoms with Gasteiger partial charge in [0.25, 0.3) is 5.91 Å². The molecule has 0 bridgehead atoms. The maximum atomic E-state index is 12.1. The van der Waals surface area contributed by atoms with E-state index in [0.717, 1.165) is 0 Å². The number of hydrazine groups is 1. The topological polar surface area (TPSA) is 104 Å². The zero-order valence-corrected chi connectivity index (χ0v) is 12.0. The number of nitrogens with zero attached hydrogens (tertiary/aromatic N) is 2. The van der Waals surface area contributed by atoms with E-state index in [1.165, 1.54) is 18.3 Å². The third-order valence-electron chi connectivity index (χ3n) is 2.59. The summed E-state index contributed by atoms with van der Waals surface area (Å²) in [4.78, 5) is 16.0. The fourth-order valence-corrected chi connectivity index (χ4v) is 2.00. The summed E-state index contributed by atoms with van der Waals surface area (Å²) in [6, 6.07) is 7.94. The largest absolute Gasteiger partial charge is 0.321 e. The van der Waals surface area contributed by atoms with Gasteiger partial charge in [0.05, 0.1) is 32.9 Å². The molecule has 0 aliphatic carbocycles. The molecule has 1 amide bonds. The highest BCUT2D eigenvalue weighted by Crippen LogP contribution is 2.24. The van der Waals surface area contributed by atoms with Gasteiger partial charge in [-0.3, -0.25) is 4.79 Å². The number of pyridine rings is 1. The molecule has 6 nitrogen and oxygen atoms in total. The average Bonchev–Trinajstić information content (AvgIpc) is 2.49. The summed E-state index contributed by atoms with van der Waals surface area (Å²) in [6.45, 7) is 0. The van der Waals surface area contributed by atoms with Crippen LogP contribution in [0.1, 0.15) is 15.9 Å². The van der Waals surface area contributed by atoms with E-state index in [1.807, 2.05) is 6.07 Å². The lowest BCUT2D eigenvalue weighted by Crippen LogP contribution is -2.14. The highest BCUT2D eigenvalue weighted by molar-refractivity contribution is 6.34. The standard InChI is InChI=1S/C13H9Cl2N5O/c14-9-3-7(5-16)1-2-11(9)19-13(21)8-4-10(15)12(20-17)18-6-8/h1-4,6H,17H2,(H,18,20)(H,19,21). The highest BCUT2D eigenvalue weighted by atomic mass is 35.5. The lowest BCUT2D eigenvalue weighted by molar-refractivity contribution is 0.102. The van der Waals surface area contributed by atoms with Gasteiger partial charge in [-0.25, -0.2) is 10.8 Å². The van der Waals surface area contributed by atoms with Crippen LogP contribution in [0.15, 0.2) is 30.5 Å². The van der Waals surface area contributed by atoms with Crippen LogP contribution in [0, 0.1) is 11.3 Å². The van der Waals surface area contributed by atoms with Gasteiger partial charge in [-0.1, -0.05) is 23.2 Å². The minimum absolute atomic E-state index is 0.219. The molecule has 4 N–H and O–H groups in total. The second-order valence-corrected chi connectivity index (χ2v) is 4.77. The number of rotatable bonds is 3. The van der Waals surface area contributed by atoms with Crippen molar-refractivity contribution >= 4 is 40.6 Å². The van der Waals surface area contributed by atoms with Gasteiger partial charge in [0.15, 0.2) is 5.82 Å². The Bertz CT molecular complexity index is 742. The molecule has 2 rings (SSSR count). The molecule has 0 saturated carbocycles. The molecule has 0 radical (unpaired) electrons. The molecule has 2 aromatic rings. The Balaban J connectivity index is 2.22. The first-order valence-corrected chi connectivity index (χ1v) is 6.44. The van der Waals surface area contributed by atoms with Gasteiger partial charge in [-0.05, 0) is 24.3 Å². The van der Waals surface area contributed by atoms with Gasteiger partial charge in [-0.15, -0.1) is 0 Å². The molecular formula is C13H9Cl2N5O. The molecule has 0 fully saturated rings. The van der Waals surface area contributed by atoms with E-state index in [2.05, 4.69) is 15.7 Å². The van der Waals surface area contributed by atoms with Gasteiger partial charge in [-0.2, -0.15) is 5.26 Å². The zero-order chi connectivity index (χ0) is 15.4. The van der Waals surface area contributed by atoms with Crippen LogP contribution in [0.5, 0.6) is 0 Å². The number of aromatic nitrogens is 1. The van der Waals surface area contributed by atoms with Crippen LogP contribution in [0.25, 0.3) is 0 Å². The van der Waals surface area contributed by atoms with Gasteiger partial charge in [0.2, 0.25) is 0 Å². The predicted molar refractivity (Wildman–Crippen MR) is 81.2 cm³/mol. The molecule has 0 aliphatic rings. The molecular weight excluding hydrogens is 313 g/mol. The molecule has 0 saturated heterocycles. The smallest absolute Gasteiger partial charge is 0.257 e. The number of benzene rings is 1. The average molecular weight is 322 g/mol. The van der Waals surface area contributed by atoms with Crippen LogP contribution < -0.4 is 16.6 Å². The third-order valence-corrected chi connectivity index (χ3v) is 3.19. The van der Waals surface area contributed by atoms with Gasteiger partial charge >= 0.3 is 0 Å². The van der Waals surface area contributed by atoms with Crippen LogP contribution in [-0.4, -0.2) is 10.9 Å². The second-order valence-electron chi connectivity index (χ2n) is 3.96. The van der Waals surface area contributed by atoms with E-state index >= 15 is 0 Å². The summed E-state index contributed by atoms with van der Waals surface area (Å²) in [5, 5.41) is 11.9. The molecule has 0 unspecified atom stereocenters.